The van der Waals surface area contributed by atoms with Crippen LogP contribution in [0.25, 0.3) is 0 Å². The molecule has 2 saturated carbocycles. The van der Waals surface area contributed by atoms with E-state index < -0.39 is 38.8 Å². The van der Waals surface area contributed by atoms with Gasteiger partial charge in [-0.3, -0.25) is 9.35 Å². The standard InChI is InChI=1S/C13H22O6S/c1-13(2)9(10(13)12(15)20(16,17)18)11(14)19-8-6-4-3-5-7-8/h8-10,12,15H,3-7H2,1-2H3,(H,16,17,18)/t9-,10-,12?/m0/s1. The zero-order chi connectivity index (χ0) is 15.1. The Hall–Kier alpha value is -0.660. The average Bonchev–Trinajstić information content (AvgIpc) is 2.91. The van der Waals surface area contributed by atoms with Crippen molar-refractivity contribution in [2.24, 2.45) is 17.3 Å². The molecule has 0 aromatic heterocycles. The van der Waals surface area contributed by atoms with Gasteiger partial charge in [0.1, 0.15) is 6.10 Å². The molecular formula is C13H22O6S. The largest absolute Gasteiger partial charge is 0.462 e. The van der Waals surface area contributed by atoms with Crippen molar-refractivity contribution >= 4 is 16.1 Å². The van der Waals surface area contributed by atoms with Crippen molar-refractivity contribution < 1.29 is 27.6 Å². The van der Waals surface area contributed by atoms with Crippen LogP contribution in [0.4, 0.5) is 0 Å². The molecule has 2 fully saturated rings. The maximum absolute atomic E-state index is 12.1. The van der Waals surface area contributed by atoms with Gasteiger partial charge in [-0.15, -0.1) is 0 Å². The van der Waals surface area contributed by atoms with Crippen LogP contribution in [0.3, 0.4) is 0 Å². The first-order valence-electron chi connectivity index (χ1n) is 7.00. The number of esters is 1. The van der Waals surface area contributed by atoms with Gasteiger partial charge in [0.05, 0.1) is 5.92 Å². The third-order valence-corrected chi connectivity index (χ3v) is 5.52. The van der Waals surface area contributed by atoms with Crippen LogP contribution in [-0.2, 0) is 19.6 Å². The number of hydrogen-bond donors (Lipinski definition) is 2. The molecule has 2 aliphatic rings. The molecule has 1 unspecified atom stereocenters. The predicted octanol–water partition coefficient (Wildman–Crippen LogP) is 1.34. The molecule has 0 heterocycles. The molecule has 0 amide bonds. The van der Waals surface area contributed by atoms with Crippen molar-refractivity contribution in [3.63, 3.8) is 0 Å². The molecule has 0 saturated heterocycles. The molecule has 0 bridgehead atoms. The third-order valence-electron chi connectivity index (χ3n) is 4.61. The zero-order valence-corrected chi connectivity index (χ0v) is 12.6. The Bertz CT molecular complexity index is 477. The summed E-state index contributed by atoms with van der Waals surface area (Å²) in [5.41, 5.74) is -2.61. The Morgan fingerprint density at radius 2 is 1.80 bits per heavy atom. The summed E-state index contributed by atoms with van der Waals surface area (Å²) >= 11 is 0. The summed E-state index contributed by atoms with van der Waals surface area (Å²) in [4.78, 5) is 12.1. The van der Waals surface area contributed by atoms with Crippen molar-refractivity contribution in [2.75, 3.05) is 0 Å². The summed E-state index contributed by atoms with van der Waals surface area (Å²) < 4.78 is 36.4. The number of ether oxygens (including phenoxy) is 1. The molecule has 116 valence electrons. The summed E-state index contributed by atoms with van der Waals surface area (Å²) in [6.07, 6.45) is 4.78. The number of carbonyl (C=O) groups excluding carboxylic acids is 1. The Morgan fingerprint density at radius 3 is 2.30 bits per heavy atom. The van der Waals surface area contributed by atoms with Crippen molar-refractivity contribution in [1.29, 1.82) is 0 Å². The van der Waals surface area contributed by atoms with Crippen LogP contribution in [0, 0.1) is 17.3 Å². The van der Waals surface area contributed by atoms with Gasteiger partial charge in [0, 0.05) is 5.92 Å². The van der Waals surface area contributed by atoms with E-state index in [9.17, 15) is 18.3 Å². The first kappa shape index (κ1) is 15.7. The minimum absolute atomic E-state index is 0.101. The van der Waals surface area contributed by atoms with Crippen LogP contribution in [0.5, 0.6) is 0 Å². The number of rotatable bonds is 4. The van der Waals surface area contributed by atoms with Crippen molar-refractivity contribution in [3.05, 3.63) is 0 Å². The van der Waals surface area contributed by atoms with Gasteiger partial charge in [-0.1, -0.05) is 20.3 Å². The van der Waals surface area contributed by atoms with E-state index >= 15 is 0 Å². The van der Waals surface area contributed by atoms with Crippen LogP contribution in [-0.4, -0.2) is 35.6 Å². The Balaban J connectivity index is 2.00. The summed E-state index contributed by atoms with van der Waals surface area (Å²) in [6.45, 7) is 3.39. The number of aliphatic hydroxyl groups excluding tert-OH is 1. The average molecular weight is 306 g/mol. The van der Waals surface area contributed by atoms with E-state index in [0.29, 0.717) is 0 Å². The van der Waals surface area contributed by atoms with E-state index in [1.807, 2.05) is 0 Å². The summed E-state index contributed by atoms with van der Waals surface area (Å²) in [5.74, 6) is -1.95. The number of carbonyl (C=O) groups is 1. The molecular weight excluding hydrogens is 284 g/mol. The maximum atomic E-state index is 12.1. The summed E-state index contributed by atoms with van der Waals surface area (Å²) in [5, 5.41) is 9.64. The van der Waals surface area contributed by atoms with Crippen LogP contribution >= 0.6 is 0 Å². The molecule has 0 spiro atoms. The number of hydrogen-bond acceptors (Lipinski definition) is 5. The second-order valence-electron chi connectivity index (χ2n) is 6.43. The minimum Gasteiger partial charge on any atom is -0.462 e. The van der Waals surface area contributed by atoms with E-state index in [4.69, 9.17) is 9.29 Å². The van der Waals surface area contributed by atoms with Gasteiger partial charge in [-0.05, 0) is 31.1 Å². The first-order valence-corrected chi connectivity index (χ1v) is 8.51. The van der Waals surface area contributed by atoms with Gasteiger partial charge in [0.2, 0.25) is 0 Å². The molecule has 2 N–H and O–H groups in total. The van der Waals surface area contributed by atoms with Gasteiger partial charge in [0.25, 0.3) is 10.1 Å². The van der Waals surface area contributed by atoms with E-state index in [-0.39, 0.29) is 6.10 Å². The minimum atomic E-state index is -4.56. The van der Waals surface area contributed by atoms with Crippen LogP contribution < -0.4 is 0 Å². The van der Waals surface area contributed by atoms with E-state index in [1.54, 1.807) is 13.8 Å². The monoisotopic (exact) mass is 306 g/mol. The zero-order valence-electron chi connectivity index (χ0n) is 11.8. The molecule has 3 atom stereocenters. The third kappa shape index (κ3) is 2.99. The van der Waals surface area contributed by atoms with E-state index in [2.05, 4.69) is 0 Å². The fourth-order valence-corrected chi connectivity index (χ4v) is 4.14. The van der Waals surface area contributed by atoms with Gasteiger partial charge >= 0.3 is 5.97 Å². The second-order valence-corrected chi connectivity index (χ2v) is 7.94. The molecule has 2 rings (SSSR count). The lowest BCUT2D eigenvalue weighted by Gasteiger charge is -2.22. The highest BCUT2D eigenvalue weighted by Gasteiger charge is 2.68. The first-order chi connectivity index (χ1) is 9.15. The van der Waals surface area contributed by atoms with Gasteiger partial charge < -0.3 is 9.84 Å². The highest BCUT2D eigenvalue weighted by atomic mass is 32.2. The van der Waals surface area contributed by atoms with Gasteiger partial charge in [-0.25, -0.2) is 0 Å². The molecule has 0 aromatic rings. The van der Waals surface area contributed by atoms with Gasteiger partial charge in [-0.2, -0.15) is 8.42 Å². The lowest BCUT2D eigenvalue weighted by Crippen LogP contribution is -2.26. The topological polar surface area (TPSA) is 101 Å². The van der Waals surface area contributed by atoms with Crippen molar-refractivity contribution in [1.82, 2.24) is 0 Å². The summed E-state index contributed by atoms with van der Waals surface area (Å²) in [7, 11) is -4.56. The second kappa shape index (κ2) is 5.27. The van der Waals surface area contributed by atoms with E-state index in [0.717, 1.165) is 32.1 Å². The van der Waals surface area contributed by atoms with Gasteiger partial charge in [0.15, 0.2) is 5.44 Å². The highest BCUT2D eigenvalue weighted by molar-refractivity contribution is 7.86. The maximum Gasteiger partial charge on any atom is 0.310 e. The van der Waals surface area contributed by atoms with Crippen molar-refractivity contribution in [3.8, 4) is 0 Å². The fourth-order valence-electron chi connectivity index (χ4n) is 3.27. The van der Waals surface area contributed by atoms with Crippen molar-refractivity contribution in [2.45, 2.75) is 57.5 Å². The highest BCUT2D eigenvalue weighted by Crippen LogP contribution is 2.61. The quantitative estimate of drug-likeness (QED) is 0.600. The van der Waals surface area contributed by atoms with Crippen LogP contribution in [0.2, 0.25) is 0 Å². The summed E-state index contributed by atoms with van der Waals surface area (Å²) in [6, 6.07) is 0. The Morgan fingerprint density at radius 1 is 1.25 bits per heavy atom. The molecule has 20 heavy (non-hydrogen) atoms. The SMILES string of the molecule is CC1(C)[C@H](C(=O)OC2CCCCC2)[C@H]1C(O)S(=O)(=O)O. The Kier molecular flexibility index (Phi) is 4.15. The smallest absolute Gasteiger partial charge is 0.310 e. The van der Waals surface area contributed by atoms with Crippen LogP contribution in [0.15, 0.2) is 0 Å². The molecule has 7 heteroatoms. The fraction of sp³-hybridized carbons (Fsp3) is 0.923. The molecule has 0 aliphatic heterocycles. The van der Waals surface area contributed by atoms with Crippen LogP contribution in [0.1, 0.15) is 46.0 Å². The molecule has 6 nitrogen and oxygen atoms in total. The number of aliphatic hydroxyl groups is 1. The predicted molar refractivity (Wildman–Crippen MR) is 71.3 cm³/mol. The van der Waals surface area contributed by atoms with E-state index in [1.165, 1.54) is 0 Å². The molecule has 0 radical (unpaired) electrons. The lowest BCUT2D eigenvalue weighted by atomic mass is 9.98. The lowest BCUT2D eigenvalue weighted by molar-refractivity contribution is -0.153. The molecule has 2 aliphatic carbocycles. The normalized spacial score (nSPS) is 31.6. The Labute approximate surface area is 119 Å². The molecule has 0 aromatic carbocycles.